The van der Waals surface area contributed by atoms with Crippen molar-refractivity contribution in [3.63, 3.8) is 0 Å². The van der Waals surface area contributed by atoms with Crippen molar-refractivity contribution >= 4 is 0 Å². The molecule has 2 nitrogen and oxygen atoms in total. The minimum atomic E-state index is 0.696. The van der Waals surface area contributed by atoms with Crippen LogP contribution in [-0.4, -0.2) is 10.5 Å². The minimum Gasteiger partial charge on any atom is -0.255 e. The van der Waals surface area contributed by atoms with Crippen molar-refractivity contribution in [3.8, 4) is 0 Å². The van der Waals surface area contributed by atoms with Gasteiger partial charge in [0, 0.05) is 0 Å². The van der Waals surface area contributed by atoms with Crippen LogP contribution >= 0.6 is 0 Å². The van der Waals surface area contributed by atoms with Gasteiger partial charge in [0.15, 0.2) is 0 Å². The van der Waals surface area contributed by atoms with Crippen molar-refractivity contribution in [3.05, 3.63) is 35.9 Å². The summed E-state index contributed by atoms with van der Waals surface area (Å²) >= 11 is 0. The van der Waals surface area contributed by atoms with Gasteiger partial charge < -0.3 is 0 Å². The lowest BCUT2D eigenvalue weighted by Crippen LogP contribution is -2.13. The number of hydrogen-bond donors (Lipinski definition) is 2. The van der Waals surface area contributed by atoms with Crippen LogP contribution in [0.2, 0.25) is 0 Å². The Kier molecular flexibility index (Phi) is 7.01. The van der Waals surface area contributed by atoms with Gasteiger partial charge in [-0.05, 0) is 23.3 Å². The van der Waals surface area contributed by atoms with Gasteiger partial charge in [-0.25, -0.2) is 0 Å². The highest BCUT2D eigenvalue weighted by molar-refractivity contribution is 5.20. The van der Waals surface area contributed by atoms with Crippen LogP contribution in [-0.2, 0) is 0 Å². The van der Waals surface area contributed by atoms with E-state index in [4.69, 9.17) is 10.5 Å². The molecular weight excluding hydrogens is 188 g/mol. The van der Waals surface area contributed by atoms with Crippen molar-refractivity contribution in [2.24, 2.45) is 11.8 Å². The van der Waals surface area contributed by atoms with Crippen LogP contribution in [0.1, 0.15) is 39.2 Å². The molecule has 0 aliphatic heterocycles. The molecule has 0 fully saturated rings. The topological polar surface area (TPSA) is 40.5 Å². The summed E-state index contributed by atoms with van der Waals surface area (Å²) in [6.45, 7) is 9.21. The van der Waals surface area contributed by atoms with Crippen molar-refractivity contribution in [2.45, 2.75) is 33.6 Å². The molecule has 2 heteroatoms. The Bertz CT molecular complexity index is 234. The van der Waals surface area contributed by atoms with Crippen LogP contribution in [0, 0.1) is 11.8 Å². The fourth-order valence-electron chi connectivity index (χ4n) is 2.21. The van der Waals surface area contributed by atoms with Crippen molar-refractivity contribution < 1.29 is 10.5 Å². The molecule has 0 amide bonds. The first-order valence-electron chi connectivity index (χ1n) is 5.38. The molecule has 0 heterocycles. The summed E-state index contributed by atoms with van der Waals surface area (Å²) in [4.78, 5) is 0. The quantitative estimate of drug-likeness (QED) is 0.582. The Morgan fingerprint density at radius 2 is 1.20 bits per heavy atom. The van der Waals surface area contributed by atoms with Crippen molar-refractivity contribution in [1.82, 2.24) is 0 Å². The van der Waals surface area contributed by atoms with Gasteiger partial charge in [0.05, 0.1) is 0 Å². The summed E-state index contributed by atoms with van der Waals surface area (Å²) in [6.07, 6.45) is 0. The fourth-order valence-corrected chi connectivity index (χ4v) is 2.21. The van der Waals surface area contributed by atoms with Gasteiger partial charge in [-0.2, -0.15) is 0 Å². The predicted octanol–water partition coefficient (Wildman–Crippen LogP) is 4.10. The van der Waals surface area contributed by atoms with Crippen LogP contribution in [0.3, 0.4) is 0 Å². The van der Waals surface area contributed by atoms with Crippen LogP contribution in [0.15, 0.2) is 30.3 Å². The summed E-state index contributed by atoms with van der Waals surface area (Å²) in [7, 11) is 0. The fraction of sp³-hybridized carbons (Fsp3) is 0.538. The Hall–Kier alpha value is -0.860. The molecule has 0 spiro atoms. The summed E-state index contributed by atoms with van der Waals surface area (Å²) < 4.78 is 0. The average Bonchev–Trinajstić information content (AvgIpc) is 2.21. The molecule has 1 aromatic rings. The number of rotatable bonds is 3. The first-order valence-corrected chi connectivity index (χ1v) is 5.38. The SMILES string of the molecule is CC(C)C(c1ccccc1)C(C)C.OO. The molecule has 0 bridgehead atoms. The predicted molar refractivity (Wildman–Crippen MR) is 64.1 cm³/mol. The van der Waals surface area contributed by atoms with Gasteiger partial charge in [0.2, 0.25) is 0 Å². The summed E-state index contributed by atoms with van der Waals surface area (Å²) in [5, 5.41) is 12.0. The molecule has 1 aromatic carbocycles. The van der Waals surface area contributed by atoms with Gasteiger partial charge in [-0.15, -0.1) is 0 Å². The third-order valence-corrected chi connectivity index (χ3v) is 2.62. The van der Waals surface area contributed by atoms with Gasteiger partial charge in [0.25, 0.3) is 0 Å². The van der Waals surface area contributed by atoms with Crippen LogP contribution < -0.4 is 0 Å². The Labute approximate surface area is 92.5 Å². The molecule has 0 atom stereocenters. The third kappa shape index (κ3) is 4.45. The first-order chi connectivity index (χ1) is 7.13. The van der Waals surface area contributed by atoms with Crippen LogP contribution in [0.5, 0.6) is 0 Å². The number of benzene rings is 1. The standard InChI is InChI=1S/C13H20.H2O2/c1-10(2)13(11(3)4)12-8-6-5-7-9-12;1-2/h5-11,13H,1-4H3;1-2H. The molecule has 0 radical (unpaired) electrons. The monoisotopic (exact) mass is 210 g/mol. The van der Waals surface area contributed by atoms with Gasteiger partial charge in [-0.1, -0.05) is 58.0 Å². The maximum Gasteiger partial charge on any atom is -0.0116 e. The van der Waals surface area contributed by atoms with Crippen molar-refractivity contribution in [1.29, 1.82) is 0 Å². The molecule has 0 aromatic heterocycles. The van der Waals surface area contributed by atoms with E-state index in [-0.39, 0.29) is 0 Å². The van der Waals surface area contributed by atoms with E-state index in [1.807, 2.05) is 0 Å². The maximum atomic E-state index is 6.00. The van der Waals surface area contributed by atoms with Gasteiger partial charge in [0.1, 0.15) is 0 Å². The molecule has 0 aliphatic rings. The molecule has 2 N–H and O–H groups in total. The first kappa shape index (κ1) is 14.1. The van der Waals surface area contributed by atoms with E-state index in [2.05, 4.69) is 58.0 Å². The lowest BCUT2D eigenvalue weighted by atomic mass is 9.80. The Balaban J connectivity index is 0.000000921. The molecule has 0 saturated heterocycles. The van der Waals surface area contributed by atoms with E-state index in [1.54, 1.807) is 0 Å². The average molecular weight is 210 g/mol. The second-order valence-corrected chi connectivity index (χ2v) is 4.42. The van der Waals surface area contributed by atoms with Crippen molar-refractivity contribution in [2.75, 3.05) is 0 Å². The largest absolute Gasteiger partial charge is 0.255 e. The van der Waals surface area contributed by atoms with E-state index >= 15 is 0 Å². The van der Waals surface area contributed by atoms with E-state index in [9.17, 15) is 0 Å². The normalized spacial score (nSPS) is 10.5. The molecule has 0 unspecified atom stereocenters. The molecule has 86 valence electrons. The van der Waals surface area contributed by atoms with E-state index < -0.39 is 0 Å². The second kappa shape index (κ2) is 7.43. The highest BCUT2D eigenvalue weighted by Crippen LogP contribution is 2.31. The molecule has 0 saturated carbocycles. The zero-order valence-electron chi connectivity index (χ0n) is 10.0. The molecule has 0 aliphatic carbocycles. The minimum absolute atomic E-state index is 0.696. The Morgan fingerprint density at radius 3 is 1.53 bits per heavy atom. The second-order valence-electron chi connectivity index (χ2n) is 4.42. The van der Waals surface area contributed by atoms with Crippen LogP contribution in [0.25, 0.3) is 0 Å². The zero-order valence-corrected chi connectivity index (χ0v) is 10.0. The van der Waals surface area contributed by atoms with Gasteiger partial charge >= 0.3 is 0 Å². The van der Waals surface area contributed by atoms with Crippen LogP contribution in [0.4, 0.5) is 0 Å². The summed E-state index contributed by atoms with van der Waals surface area (Å²) in [5.41, 5.74) is 1.48. The third-order valence-electron chi connectivity index (χ3n) is 2.62. The van der Waals surface area contributed by atoms with E-state index in [1.165, 1.54) is 5.56 Å². The lowest BCUT2D eigenvalue weighted by Gasteiger charge is -2.25. The zero-order chi connectivity index (χ0) is 11.8. The molecular formula is C13H22O2. The highest BCUT2D eigenvalue weighted by Gasteiger charge is 2.18. The van der Waals surface area contributed by atoms with E-state index in [0.717, 1.165) is 11.8 Å². The highest BCUT2D eigenvalue weighted by atomic mass is 17.0. The smallest absolute Gasteiger partial charge is 0.0116 e. The molecule has 1 rings (SSSR count). The van der Waals surface area contributed by atoms with E-state index in [0.29, 0.717) is 5.92 Å². The van der Waals surface area contributed by atoms with Gasteiger partial charge in [-0.3, -0.25) is 10.5 Å². The Morgan fingerprint density at radius 1 is 0.800 bits per heavy atom. The molecule has 15 heavy (non-hydrogen) atoms. The summed E-state index contributed by atoms with van der Waals surface area (Å²) in [6, 6.07) is 10.8. The number of hydrogen-bond acceptors (Lipinski definition) is 2. The lowest BCUT2D eigenvalue weighted by molar-refractivity contribution is -0.176. The maximum absolute atomic E-state index is 6.00. The summed E-state index contributed by atoms with van der Waals surface area (Å²) in [5.74, 6) is 2.14.